The molecule has 1 unspecified atom stereocenters. The van der Waals surface area contributed by atoms with Gasteiger partial charge in [0.1, 0.15) is 6.04 Å². The van der Waals surface area contributed by atoms with E-state index in [1.54, 1.807) is 12.1 Å². The van der Waals surface area contributed by atoms with Crippen molar-refractivity contribution < 1.29 is 14.4 Å². The Morgan fingerprint density at radius 2 is 1.84 bits per heavy atom. The van der Waals surface area contributed by atoms with Gasteiger partial charge in [0.25, 0.3) is 5.91 Å². The van der Waals surface area contributed by atoms with Crippen LogP contribution in [0.15, 0.2) is 24.3 Å². The van der Waals surface area contributed by atoms with Crippen LogP contribution in [0.1, 0.15) is 56.0 Å². The number of nitrogens with zero attached hydrogens (tertiary/aromatic N) is 1. The van der Waals surface area contributed by atoms with Gasteiger partial charge in [-0.1, -0.05) is 32.9 Å². The molecule has 1 aliphatic rings. The molecule has 1 aromatic rings. The third-order valence-electron chi connectivity index (χ3n) is 4.54. The van der Waals surface area contributed by atoms with E-state index < -0.39 is 11.9 Å². The number of likely N-dealkylation sites (tertiary alicyclic amines) is 1. The summed E-state index contributed by atoms with van der Waals surface area (Å²) in [6.07, 6.45) is 1.56. The number of primary amides is 1. The van der Waals surface area contributed by atoms with Crippen LogP contribution in [-0.4, -0.2) is 41.8 Å². The largest absolute Gasteiger partial charge is 0.368 e. The van der Waals surface area contributed by atoms with Gasteiger partial charge in [-0.15, -0.1) is 0 Å². The van der Waals surface area contributed by atoms with Crippen molar-refractivity contribution in [2.24, 2.45) is 5.73 Å². The second-order valence-corrected chi connectivity index (χ2v) is 7.48. The van der Waals surface area contributed by atoms with E-state index in [1.165, 1.54) is 4.90 Å². The molecule has 1 fully saturated rings. The third-order valence-corrected chi connectivity index (χ3v) is 4.54. The molecule has 0 aliphatic carbocycles. The number of rotatable bonds is 5. The zero-order valence-corrected chi connectivity index (χ0v) is 15.2. The number of carbonyl (C=O) groups excluding carboxylic acids is 3. The summed E-state index contributed by atoms with van der Waals surface area (Å²) in [6.45, 7) is 7.14. The van der Waals surface area contributed by atoms with E-state index in [0.29, 0.717) is 18.5 Å². The van der Waals surface area contributed by atoms with Gasteiger partial charge in [0.05, 0.1) is 0 Å². The second-order valence-electron chi connectivity index (χ2n) is 7.48. The monoisotopic (exact) mass is 345 g/mol. The summed E-state index contributed by atoms with van der Waals surface area (Å²) < 4.78 is 0. The minimum atomic E-state index is -0.506. The van der Waals surface area contributed by atoms with Gasteiger partial charge in [0, 0.05) is 25.1 Å². The van der Waals surface area contributed by atoms with Gasteiger partial charge in [-0.25, -0.2) is 0 Å². The van der Waals surface area contributed by atoms with Crippen molar-refractivity contribution in [3.63, 3.8) is 0 Å². The SMILES string of the molecule is CC(C)(C)c1ccc(C(=O)NCCC(=O)N2CCCC2C(N)=O)cc1. The number of hydrogen-bond donors (Lipinski definition) is 2. The molecule has 0 bridgehead atoms. The van der Waals surface area contributed by atoms with Gasteiger partial charge in [-0.2, -0.15) is 0 Å². The fourth-order valence-corrected chi connectivity index (χ4v) is 3.01. The Kier molecular flexibility index (Phi) is 5.82. The Labute approximate surface area is 148 Å². The first-order valence-electron chi connectivity index (χ1n) is 8.67. The van der Waals surface area contributed by atoms with Crippen molar-refractivity contribution >= 4 is 17.7 Å². The first-order valence-corrected chi connectivity index (χ1v) is 8.67. The Bertz CT molecular complexity index is 647. The smallest absolute Gasteiger partial charge is 0.251 e. The van der Waals surface area contributed by atoms with Crippen LogP contribution in [0.2, 0.25) is 0 Å². The normalized spacial score (nSPS) is 17.4. The zero-order chi connectivity index (χ0) is 18.6. The maximum absolute atomic E-state index is 12.2. The summed E-state index contributed by atoms with van der Waals surface area (Å²) in [4.78, 5) is 37.2. The lowest BCUT2D eigenvalue weighted by atomic mass is 9.87. The fraction of sp³-hybridized carbons (Fsp3) is 0.526. The summed E-state index contributed by atoms with van der Waals surface area (Å²) in [5.41, 5.74) is 7.08. The molecule has 1 saturated heterocycles. The highest BCUT2D eigenvalue weighted by molar-refractivity contribution is 5.94. The molecule has 0 radical (unpaired) electrons. The molecule has 1 aromatic carbocycles. The minimum Gasteiger partial charge on any atom is -0.368 e. The molecule has 6 nitrogen and oxygen atoms in total. The first-order chi connectivity index (χ1) is 11.7. The number of hydrogen-bond acceptors (Lipinski definition) is 3. The molecule has 3 N–H and O–H groups in total. The number of nitrogens with one attached hydrogen (secondary N) is 1. The third kappa shape index (κ3) is 4.81. The topological polar surface area (TPSA) is 92.5 Å². The second kappa shape index (κ2) is 7.68. The predicted molar refractivity (Wildman–Crippen MR) is 96.0 cm³/mol. The molecule has 0 aromatic heterocycles. The van der Waals surface area contributed by atoms with E-state index in [-0.39, 0.29) is 30.2 Å². The van der Waals surface area contributed by atoms with Crippen LogP contribution in [0.4, 0.5) is 0 Å². The number of benzene rings is 1. The maximum atomic E-state index is 12.2. The van der Waals surface area contributed by atoms with Crippen molar-refractivity contribution in [2.75, 3.05) is 13.1 Å². The molecule has 2 rings (SSSR count). The van der Waals surface area contributed by atoms with Crippen molar-refractivity contribution in [3.8, 4) is 0 Å². The Morgan fingerprint density at radius 3 is 2.40 bits per heavy atom. The summed E-state index contributed by atoms with van der Waals surface area (Å²) >= 11 is 0. The van der Waals surface area contributed by atoms with Crippen molar-refractivity contribution in [1.29, 1.82) is 0 Å². The number of carbonyl (C=O) groups is 3. The lowest BCUT2D eigenvalue weighted by molar-refractivity contribution is -0.137. The quantitative estimate of drug-likeness (QED) is 0.848. The Balaban J connectivity index is 1.84. The van der Waals surface area contributed by atoms with Crippen molar-refractivity contribution in [2.45, 2.75) is 51.5 Å². The van der Waals surface area contributed by atoms with Gasteiger partial charge >= 0.3 is 0 Å². The first kappa shape index (κ1) is 19.0. The van der Waals surface area contributed by atoms with Crippen LogP contribution >= 0.6 is 0 Å². The van der Waals surface area contributed by atoms with Crippen LogP contribution in [0, 0.1) is 0 Å². The Morgan fingerprint density at radius 1 is 1.20 bits per heavy atom. The standard InChI is InChI=1S/C19H27N3O3/c1-19(2,3)14-8-6-13(7-9-14)18(25)21-11-10-16(23)22-12-4-5-15(22)17(20)24/h6-9,15H,4-5,10-12H2,1-3H3,(H2,20,24)(H,21,25). The molecule has 1 aliphatic heterocycles. The average molecular weight is 345 g/mol. The Hall–Kier alpha value is -2.37. The molecule has 6 heteroatoms. The van der Waals surface area contributed by atoms with E-state index in [2.05, 4.69) is 26.1 Å². The molecule has 1 heterocycles. The van der Waals surface area contributed by atoms with E-state index in [9.17, 15) is 14.4 Å². The van der Waals surface area contributed by atoms with Crippen molar-refractivity contribution in [1.82, 2.24) is 10.2 Å². The van der Waals surface area contributed by atoms with Crippen LogP contribution in [0.5, 0.6) is 0 Å². The van der Waals surface area contributed by atoms with Gasteiger partial charge < -0.3 is 16.0 Å². The predicted octanol–water partition coefficient (Wildman–Crippen LogP) is 1.58. The summed E-state index contributed by atoms with van der Waals surface area (Å²) in [5.74, 6) is -0.820. The van der Waals surface area contributed by atoms with E-state index in [1.807, 2.05) is 12.1 Å². The van der Waals surface area contributed by atoms with Crippen LogP contribution in [-0.2, 0) is 15.0 Å². The van der Waals surface area contributed by atoms with E-state index in [4.69, 9.17) is 5.73 Å². The lowest BCUT2D eigenvalue weighted by Crippen LogP contribution is -2.44. The molecule has 136 valence electrons. The molecule has 0 spiro atoms. The highest BCUT2D eigenvalue weighted by Gasteiger charge is 2.32. The minimum absolute atomic E-state index is 0.0358. The average Bonchev–Trinajstić information content (AvgIpc) is 3.04. The zero-order valence-electron chi connectivity index (χ0n) is 15.2. The van der Waals surface area contributed by atoms with Gasteiger partial charge in [0.15, 0.2) is 0 Å². The summed E-state index contributed by atoms with van der Waals surface area (Å²) in [5, 5.41) is 2.75. The highest BCUT2D eigenvalue weighted by Crippen LogP contribution is 2.22. The molecular formula is C19H27N3O3. The van der Waals surface area contributed by atoms with Gasteiger partial charge in [0.2, 0.25) is 11.8 Å². The van der Waals surface area contributed by atoms with Crippen LogP contribution in [0.3, 0.4) is 0 Å². The van der Waals surface area contributed by atoms with Crippen LogP contribution in [0.25, 0.3) is 0 Å². The van der Waals surface area contributed by atoms with Gasteiger partial charge in [-0.05, 0) is 36.0 Å². The van der Waals surface area contributed by atoms with E-state index in [0.717, 1.165) is 12.0 Å². The van der Waals surface area contributed by atoms with Crippen molar-refractivity contribution in [3.05, 3.63) is 35.4 Å². The molecule has 1 atom stereocenters. The molecule has 3 amide bonds. The number of amides is 3. The molecular weight excluding hydrogens is 318 g/mol. The fourth-order valence-electron chi connectivity index (χ4n) is 3.01. The highest BCUT2D eigenvalue weighted by atomic mass is 16.2. The summed E-state index contributed by atoms with van der Waals surface area (Å²) in [6, 6.07) is 6.97. The molecule has 25 heavy (non-hydrogen) atoms. The van der Waals surface area contributed by atoms with E-state index >= 15 is 0 Å². The molecule has 0 saturated carbocycles. The lowest BCUT2D eigenvalue weighted by Gasteiger charge is -2.22. The van der Waals surface area contributed by atoms with Crippen LogP contribution < -0.4 is 11.1 Å². The maximum Gasteiger partial charge on any atom is 0.251 e. The summed E-state index contributed by atoms with van der Waals surface area (Å²) in [7, 11) is 0. The van der Waals surface area contributed by atoms with Gasteiger partial charge in [-0.3, -0.25) is 14.4 Å². The number of nitrogens with two attached hydrogens (primary N) is 1.